The Labute approximate surface area is 132 Å². The number of aliphatic hydroxyl groups is 2. The van der Waals surface area contributed by atoms with E-state index in [1.807, 2.05) is 36.4 Å². The Morgan fingerprint density at radius 2 is 1.32 bits per heavy atom. The number of aliphatic hydroxyl groups excluding tert-OH is 2. The third-order valence-corrected chi connectivity index (χ3v) is 3.91. The Balaban J connectivity index is 2.18. The zero-order valence-corrected chi connectivity index (χ0v) is 13.1. The third-order valence-electron chi connectivity index (χ3n) is 3.91. The fourth-order valence-corrected chi connectivity index (χ4v) is 2.79. The van der Waals surface area contributed by atoms with E-state index in [4.69, 9.17) is 0 Å². The number of benzene rings is 2. The molecule has 0 aliphatic carbocycles. The van der Waals surface area contributed by atoms with Crippen LogP contribution in [0.25, 0.3) is 0 Å². The van der Waals surface area contributed by atoms with Crippen molar-refractivity contribution in [2.45, 2.75) is 38.6 Å². The zero-order chi connectivity index (χ0) is 15.8. The average molecular weight is 299 g/mol. The second-order valence-electron chi connectivity index (χ2n) is 5.70. The van der Waals surface area contributed by atoms with E-state index >= 15 is 0 Å². The zero-order valence-electron chi connectivity index (χ0n) is 13.1. The van der Waals surface area contributed by atoms with Gasteiger partial charge >= 0.3 is 0 Å². The molecule has 2 aromatic carbocycles. The summed E-state index contributed by atoms with van der Waals surface area (Å²) >= 11 is 0. The van der Waals surface area contributed by atoms with E-state index in [0.717, 1.165) is 13.1 Å². The van der Waals surface area contributed by atoms with Crippen LogP contribution in [0, 0.1) is 0 Å². The SMILES string of the molecule is C[C@H](O)[C@@H](CCO)N(Cc1ccccc1)Cc1ccccc1. The second-order valence-corrected chi connectivity index (χ2v) is 5.70. The van der Waals surface area contributed by atoms with E-state index in [-0.39, 0.29) is 12.6 Å². The van der Waals surface area contributed by atoms with Crippen molar-refractivity contribution in [2.75, 3.05) is 6.61 Å². The molecule has 3 heteroatoms. The molecule has 2 aromatic rings. The Hall–Kier alpha value is -1.68. The first kappa shape index (κ1) is 16.7. The molecule has 0 radical (unpaired) electrons. The minimum atomic E-state index is -0.487. The highest BCUT2D eigenvalue weighted by atomic mass is 16.3. The molecular formula is C19H25NO2. The van der Waals surface area contributed by atoms with E-state index in [9.17, 15) is 10.2 Å². The van der Waals surface area contributed by atoms with Crippen molar-refractivity contribution in [3.63, 3.8) is 0 Å². The van der Waals surface area contributed by atoms with E-state index < -0.39 is 6.10 Å². The summed E-state index contributed by atoms with van der Waals surface area (Å²) in [5, 5.41) is 19.4. The smallest absolute Gasteiger partial charge is 0.0668 e. The fourth-order valence-electron chi connectivity index (χ4n) is 2.79. The van der Waals surface area contributed by atoms with Gasteiger partial charge in [-0.1, -0.05) is 60.7 Å². The highest BCUT2D eigenvalue weighted by Gasteiger charge is 2.23. The first-order valence-corrected chi connectivity index (χ1v) is 7.81. The van der Waals surface area contributed by atoms with Gasteiger partial charge in [-0.2, -0.15) is 0 Å². The van der Waals surface area contributed by atoms with E-state index in [1.54, 1.807) is 6.92 Å². The summed E-state index contributed by atoms with van der Waals surface area (Å²) in [6.45, 7) is 3.38. The summed E-state index contributed by atoms with van der Waals surface area (Å²) < 4.78 is 0. The molecule has 118 valence electrons. The predicted molar refractivity (Wildman–Crippen MR) is 89.3 cm³/mol. The third kappa shape index (κ3) is 4.95. The molecule has 0 aromatic heterocycles. The normalized spacial score (nSPS) is 14.0. The van der Waals surface area contributed by atoms with Gasteiger partial charge in [0.2, 0.25) is 0 Å². The molecule has 0 amide bonds. The molecule has 0 aliphatic heterocycles. The van der Waals surface area contributed by atoms with Crippen molar-refractivity contribution in [2.24, 2.45) is 0 Å². The molecule has 0 saturated heterocycles. The first-order chi connectivity index (χ1) is 10.7. The second kappa shape index (κ2) is 8.69. The van der Waals surface area contributed by atoms with Crippen LogP contribution in [0.5, 0.6) is 0 Å². The van der Waals surface area contributed by atoms with Gasteiger partial charge in [-0.15, -0.1) is 0 Å². The monoisotopic (exact) mass is 299 g/mol. The highest BCUT2D eigenvalue weighted by Crippen LogP contribution is 2.17. The summed E-state index contributed by atoms with van der Waals surface area (Å²) in [6, 6.07) is 20.4. The maximum atomic E-state index is 10.1. The van der Waals surface area contributed by atoms with Gasteiger partial charge < -0.3 is 10.2 Å². The molecule has 0 spiro atoms. The van der Waals surface area contributed by atoms with Crippen LogP contribution in [0.3, 0.4) is 0 Å². The summed E-state index contributed by atoms with van der Waals surface area (Å²) in [4.78, 5) is 2.24. The molecule has 2 atom stereocenters. The van der Waals surface area contributed by atoms with Crippen LogP contribution >= 0.6 is 0 Å². The van der Waals surface area contributed by atoms with Gasteiger partial charge in [0.15, 0.2) is 0 Å². The predicted octanol–water partition coefficient (Wildman–Crippen LogP) is 2.82. The number of nitrogens with zero attached hydrogens (tertiary/aromatic N) is 1. The Morgan fingerprint density at radius 3 is 1.68 bits per heavy atom. The minimum Gasteiger partial charge on any atom is -0.396 e. The fraction of sp³-hybridized carbons (Fsp3) is 0.368. The minimum absolute atomic E-state index is 0.0644. The molecular weight excluding hydrogens is 274 g/mol. The van der Waals surface area contributed by atoms with Crippen molar-refractivity contribution in [1.82, 2.24) is 4.90 Å². The van der Waals surface area contributed by atoms with Crippen molar-refractivity contribution >= 4 is 0 Å². The molecule has 0 aliphatic rings. The van der Waals surface area contributed by atoms with E-state index in [1.165, 1.54) is 11.1 Å². The van der Waals surface area contributed by atoms with Crippen molar-refractivity contribution < 1.29 is 10.2 Å². The molecule has 2 rings (SSSR count). The van der Waals surface area contributed by atoms with Crippen LogP contribution in [-0.4, -0.2) is 33.9 Å². The number of hydrogen-bond donors (Lipinski definition) is 2. The van der Waals surface area contributed by atoms with Gasteiger partial charge in [-0.3, -0.25) is 4.90 Å². The largest absolute Gasteiger partial charge is 0.396 e. The Bertz CT molecular complexity index is 486. The first-order valence-electron chi connectivity index (χ1n) is 7.81. The summed E-state index contributed by atoms with van der Waals surface area (Å²) in [5.41, 5.74) is 2.42. The van der Waals surface area contributed by atoms with Crippen molar-refractivity contribution in [1.29, 1.82) is 0 Å². The highest BCUT2D eigenvalue weighted by molar-refractivity contribution is 5.17. The lowest BCUT2D eigenvalue weighted by atomic mass is 10.0. The molecule has 0 saturated carbocycles. The Kier molecular flexibility index (Phi) is 6.59. The van der Waals surface area contributed by atoms with Crippen LogP contribution in [0.1, 0.15) is 24.5 Å². The summed E-state index contributed by atoms with van der Waals surface area (Å²) in [7, 11) is 0. The average Bonchev–Trinajstić information content (AvgIpc) is 2.54. The van der Waals surface area contributed by atoms with Crippen LogP contribution in [-0.2, 0) is 13.1 Å². The van der Waals surface area contributed by atoms with E-state index in [2.05, 4.69) is 29.2 Å². The van der Waals surface area contributed by atoms with Gasteiger partial charge in [-0.25, -0.2) is 0 Å². The maximum Gasteiger partial charge on any atom is 0.0668 e. The lowest BCUT2D eigenvalue weighted by Gasteiger charge is -2.33. The number of hydrogen-bond acceptors (Lipinski definition) is 3. The van der Waals surface area contributed by atoms with Gasteiger partial charge in [0.25, 0.3) is 0 Å². The van der Waals surface area contributed by atoms with Gasteiger partial charge in [0, 0.05) is 25.7 Å². The molecule has 2 N–H and O–H groups in total. The molecule has 0 heterocycles. The molecule has 0 unspecified atom stereocenters. The van der Waals surface area contributed by atoms with Gasteiger partial charge in [-0.05, 0) is 24.5 Å². The van der Waals surface area contributed by atoms with Crippen molar-refractivity contribution in [3.8, 4) is 0 Å². The standard InChI is InChI=1S/C19H25NO2/c1-16(22)19(12-13-21)20(14-17-8-4-2-5-9-17)15-18-10-6-3-7-11-18/h2-11,16,19,21-22H,12-15H2,1H3/t16-,19+/m0/s1. The summed E-state index contributed by atoms with van der Waals surface area (Å²) in [5.74, 6) is 0. The quantitative estimate of drug-likeness (QED) is 0.788. The summed E-state index contributed by atoms with van der Waals surface area (Å²) in [6.07, 6.45) is 0.0803. The molecule has 3 nitrogen and oxygen atoms in total. The maximum absolute atomic E-state index is 10.1. The van der Waals surface area contributed by atoms with Crippen LogP contribution in [0.15, 0.2) is 60.7 Å². The topological polar surface area (TPSA) is 43.7 Å². The molecule has 0 bridgehead atoms. The van der Waals surface area contributed by atoms with Crippen molar-refractivity contribution in [3.05, 3.63) is 71.8 Å². The van der Waals surface area contributed by atoms with Crippen LogP contribution in [0.2, 0.25) is 0 Å². The molecule has 0 fully saturated rings. The van der Waals surface area contributed by atoms with E-state index in [0.29, 0.717) is 6.42 Å². The Morgan fingerprint density at radius 1 is 0.864 bits per heavy atom. The van der Waals surface area contributed by atoms with Crippen LogP contribution < -0.4 is 0 Å². The van der Waals surface area contributed by atoms with Gasteiger partial charge in [0.05, 0.1) is 6.10 Å². The lowest BCUT2D eigenvalue weighted by molar-refractivity contribution is 0.0355. The number of rotatable bonds is 8. The molecule has 22 heavy (non-hydrogen) atoms. The van der Waals surface area contributed by atoms with Crippen LogP contribution in [0.4, 0.5) is 0 Å². The lowest BCUT2D eigenvalue weighted by Crippen LogP contribution is -2.42. The van der Waals surface area contributed by atoms with Gasteiger partial charge in [0.1, 0.15) is 0 Å².